The molecular formula is C59H116ClLiO16Sg7. The molecule has 84 heavy (non-hydrogen) atoms. The van der Waals surface area contributed by atoms with E-state index in [1.54, 1.807) is 48.5 Å². The van der Waals surface area contributed by atoms with Crippen LogP contribution in [0.5, 0.6) is 0 Å². The van der Waals surface area contributed by atoms with Gasteiger partial charge < -0.3 is 56.4 Å². The molecule has 0 saturated heterocycles. The van der Waals surface area contributed by atoms with E-state index >= 15 is 0 Å². The molecule has 0 saturated carbocycles. The summed E-state index contributed by atoms with van der Waals surface area (Å²) in [6, 6.07) is 0. The maximum atomic E-state index is 11.1. The first-order valence-corrected chi connectivity index (χ1v) is 27.1. The first-order valence-electron chi connectivity index (χ1n) is 26.7. The average Bonchev–Trinajstić information content (AvgIpc) is 3.30. The zero-order valence-electron chi connectivity index (χ0n) is 58.2. The molecule has 0 aromatic carbocycles. The molecule has 0 spiro atoms. The van der Waals surface area contributed by atoms with Crippen LogP contribution in [0.1, 0.15) is 218 Å². The average molecular weight is 3010 g/mol. The number of carbonyl (C=O) groups is 8. The number of carbonyl (C=O) groups excluding carboxylic acids is 8. The predicted molar refractivity (Wildman–Crippen MR) is 307 cm³/mol. The standard InChI is InChI=1S/2C9H18O2.C9H20O.C8H16O3.C8H14O3.C8H16O2.C5H9O.C3H5ClO2.Li.7Sg/c2*1-7(5-6-10)9(3,4)8(2)11;1-5-9(3,4)8(2)6-7-10;2*1-6(10)8(2,3)7(11)4-5-9;1-7(4-5-9)8(2,3)6-10;1-4(2)5(3)6;4-3(6)1-2-5;;;;;;;;/h2*7,10H,5-6H2,1-4H3;8,10H,5-7H2,1-4H3;7,9,11H,4-5H2,1-3H3;9H,4-5H2,1-3H3;6-7,9H,4-5H2,1-3H3;1-3H3;5H,1-2H2;;;;;;;;/q;;;;;;-1;;+1;;;;;;;/t2*7-;8-;7-;;7-;;;;;;;;;;/m0000.0........../s1. The van der Waals surface area contributed by atoms with Gasteiger partial charge in [0.25, 0.3) is 0 Å². The van der Waals surface area contributed by atoms with Gasteiger partial charge in [-0.2, -0.15) is 13.8 Å². The van der Waals surface area contributed by atoms with E-state index < -0.39 is 22.2 Å². The molecule has 0 unspecified atom stereocenters. The quantitative estimate of drug-likeness (QED) is 0.0151. The maximum absolute atomic E-state index is 11.1. The number of aldehydes is 1. The van der Waals surface area contributed by atoms with E-state index in [0.29, 0.717) is 37.2 Å². The van der Waals surface area contributed by atoms with E-state index in [9.17, 15) is 43.5 Å². The van der Waals surface area contributed by atoms with Crippen molar-refractivity contribution in [1.82, 2.24) is 0 Å². The topological polar surface area (TPSA) is 298 Å². The summed E-state index contributed by atoms with van der Waals surface area (Å²) in [5.74, 6) is 2.41. The molecule has 0 rings (SSSR count). The van der Waals surface area contributed by atoms with E-state index in [-0.39, 0.29) is 146 Å². The van der Waals surface area contributed by atoms with Gasteiger partial charge in [-0.25, -0.2) is 0 Å². The van der Waals surface area contributed by atoms with Crippen LogP contribution in [0.4, 0.5) is 0 Å². The third-order valence-corrected chi connectivity index (χ3v) is 15.6. The van der Waals surface area contributed by atoms with Gasteiger partial charge in [0.2, 0.25) is 5.24 Å². The molecular weight excluding hydrogens is 2890 g/mol. The summed E-state index contributed by atoms with van der Waals surface area (Å²) in [5.41, 5.74) is -2.14. The Kier molecular flexibility index (Phi) is 82.0. The number of ketones is 6. The van der Waals surface area contributed by atoms with Crippen LogP contribution >= 0.6 is 11.6 Å². The third kappa shape index (κ3) is 56.1. The Morgan fingerprint density at radius 2 is 0.714 bits per heavy atom. The van der Waals surface area contributed by atoms with Crippen LogP contribution in [0.15, 0.2) is 0 Å². The molecule has 0 aromatic heterocycles. The fourth-order valence-electron chi connectivity index (χ4n) is 4.83. The van der Waals surface area contributed by atoms with E-state index in [2.05, 4.69) is 27.7 Å². The van der Waals surface area contributed by atoms with Gasteiger partial charge in [0.1, 0.15) is 35.2 Å². The molecule has 0 aliphatic heterocycles. The van der Waals surface area contributed by atoms with Crippen LogP contribution in [-0.2, 0) is 38.4 Å². The number of hydrogen-bond donors (Lipinski definition) is 8. The minimum absolute atomic E-state index is 0. The summed E-state index contributed by atoms with van der Waals surface area (Å²) in [6.07, 6.45) is 4.80. The minimum atomic E-state index is -0.928. The molecule has 470 valence electrons. The minimum Gasteiger partial charge on any atom is -0.396 e. The Hall–Kier alpha value is -9.20. The summed E-state index contributed by atoms with van der Waals surface area (Å²) >= 11 is 4.78. The van der Waals surface area contributed by atoms with Crippen LogP contribution in [0.25, 0.3) is 0 Å². The van der Waals surface area contributed by atoms with E-state index in [1.165, 1.54) is 20.3 Å². The molecule has 0 bridgehead atoms. The number of aliphatic hydroxyl groups is 8. The van der Waals surface area contributed by atoms with Crippen molar-refractivity contribution in [3.8, 4) is 0 Å². The zero-order valence-corrected chi connectivity index (χ0v) is 104. The number of hydrogen-bond acceptors (Lipinski definition) is 16. The largest absolute Gasteiger partial charge is 1.00 e. The van der Waals surface area contributed by atoms with Crippen molar-refractivity contribution in [3.05, 3.63) is 5.92 Å². The van der Waals surface area contributed by atoms with Crippen molar-refractivity contribution in [3.63, 3.8) is 0 Å². The van der Waals surface area contributed by atoms with Crippen LogP contribution in [0.2, 0.25) is 0 Å². The van der Waals surface area contributed by atoms with Gasteiger partial charge in [0.05, 0.1) is 18.1 Å². The third-order valence-electron chi connectivity index (χ3n) is 15.4. The molecule has 0 heterocycles. The Balaban J connectivity index is -0.0000000447. The molecule has 0 amide bonds. The van der Waals surface area contributed by atoms with Crippen molar-refractivity contribution in [2.75, 3.05) is 46.2 Å². The van der Waals surface area contributed by atoms with Crippen molar-refractivity contribution in [2.45, 2.75) is 224 Å². The van der Waals surface area contributed by atoms with E-state index in [4.69, 9.17) is 47.3 Å². The van der Waals surface area contributed by atoms with Crippen LogP contribution in [0, 0.1) is 62.1 Å². The monoisotopic (exact) mass is 3020 g/mol. The summed E-state index contributed by atoms with van der Waals surface area (Å²) in [6.45, 7) is 44.5. The van der Waals surface area contributed by atoms with Crippen molar-refractivity contribution < 1.29 is 98.1 Å². The first kappa shape index (κ1) is 118. The number of rotatable bonds is 27. The number of aliphatic hydroxyl groups excluding tert-OH is 8. The Morgan fingerprint density at radius 1 is 0.452 bits per heavy atom. The van der Waals surface area contributed by atoms with Gasteiger partial charge in [-0.15, -0.1) is 0 Å². The molecule has 25 heteroatoms. The second kappa shape index (κ2) is 58.5. The second-order valence-corrected chi connectivity index (χ2v) is 23.7. The predicted octanol–water partition coefficient (Wildman–Crippen LogP) is 6.14. The second-order valence-electron chi connectivity index (χ2n) is 23.3. The molecule has 0 aromatic rings. The maximum Gasteiger partial charge on any atom is 1.00 e. The summed E-state index contributed by atoms with van der Waals surface area (Å²) in [4.78, 5) is 85.4. The normalized spacial score (nSPS) is 12.0. The van der Waals surface area contributed by atoms with E-state index in [1.807, 2.05) is 76.2 Å². The fourth-order valence-corrected chi connectivity index (χ4v) is 4.92. The van der Waals surface area contributed by atoms with Crippen LogP contribution < -0.4 is 18.9 Å². The van der Waals surface area contributed by atoms with Gasteiger partial charge in [-0.3, -0.25) is 28.8 Å². The molecule has 0 aliphatic rings. The van der Waals surface area contributed by atoms with Crippen LogP contribution in [0.3, 0.4) is 0 Å². The molecule has 0 fully saturated rings. The summed E-state index contributed by atoms with van der Waals surface area (Å²) in [7, 11) is 0. The van der Waals surface area contributed by atoms with Gasteiger partial charge in [0.15, 0.2) is 0 Å². The van der Waals surface area contributed by atoms with Crippen molar-refractivity contribution in [1.29, 1.82) is 0 Å². The molecule has 16 nitrogen and oxygen atoms in total. The van der Waals surface area contributed by atoms with Crippen LogP contribution in [-0.4, -0.2) is 139 Å². The molecule has 5 atom stereocenters. The zero-order chi connectivity index (χ0) is 62.8. The molecule has 0 radical (unpaired) electrons. The van der Waals surface area contributed by atoms with Gasteiger partial charge in [-0.1, -0.05) is 110 Å². The summed E-state index contributed by atoms with van der Waals surface area (Å²) < 4.78 is 0. The molecule has 0 aliphatic carbocycles. The Bertz CT molecular complexity index is 1530. The van der Waals surface area contributed by atoms with Crippen molar-refractivity contribution >= 4 is 57.8 Å². The number of Topliss-reactive ketones (excluding diaryl/α,β-unsaturated/α-hetero) is 6. The first-order chi connectivity index (χ1) is 34.2. The summed E-state index contributed by atoms with van der Waals surface area (Å²) in [5, 5.41) is 68.4. The SMILES string of the molecule is CC(=O)C(C)(C)C(=O)CCO.CC(=O)C(C)(C)[C@@H](C)CCO.CC(=O)C(C)(C)[C@@H](C)CCO.CC(=O)C(C)(C)[C@@H](O)CCO.CC(=O)[C-](C)C.CCC(C)(C)[C@@H](C)CCO.C[C@@H](CCO)C(C)(C)C=O.O=C(Cl)CCO.[Li+].[Sg].[Sg].[Sg].[Sg].[Sg].[Sg].[Sg]. The van der Waals surface area contributed by atoms with Crippen molar-refractivity contribution in [2.24, 2.45) is 56.2 Å². The van der Waals surface area contributed by atoms with E-state index in [0.717, 1.165) is 18.6 Å². The van der Waals surface area contributed by atoms with Gasteiger partial charge >= 0.3 is 18.9 Å². The fraction of sp³-hybridized carbons (Fsp3) is 0.847. The Morgan fingerprint density at radius 3 is 0.893 bits per heavy atom. The smallest absolute Gasteiger partial charge is 0.396 e. The van der Waals surface area contributed by atoms with Gasteiger partial charge in [-0.05, 0) is 127 Å². The Labute approximate surface area is 485 Å². The van der Waals surface area contributed by atoms with Gasteiger partial charge in [0, 0.05) is 74.1 Å². The number of halogens is 1. The molecule has 8 N–H and O–H groups in total.